The van der Waals surface area contributed by atoms with Crippen LogP contribution in [0.3, 0.4) is 0 Å². The number of rotatable bonds is 9. The second-order valence-corrected chi connectivity index (χ2v) is 8.48. The molecule has 7 nitrogen and oxygen atoms in total. The van der Waals surface area contributed by atoms with Gasteiger partial charge in [-0.2, -0.15) is 18.4 Å². The van der Waals surface area contributed by atoms with E-state index in [1.807, 2.05) is 26.0 Å². The molecule has 10 heteroatoms. The first-order valence-electron chi connectivity index (χ1n) is 11.9. The second-order valence-electron chi connectivity index (χ2n) is 8.48. The molecule has 0 spiro atoms. The van der Waals surface area contributed by atoms with Gasteiger partial charge < -0.3 is 20.1 Å². The number of hydrogen-bond donors (Lipinski definition) is 2. The lowest BCUT2D eigenvalue weighted by Crippen LogP contribution is -2.20. The number of nitrogens with zero attached hydrogens (tertiary/aromatic N) is 1. The number of benzene rings is 3. The molecule has 0 aliphatic rings. The van der Waals surface area contributed by atoms with Crippen LogP contribution in [0.1, 0.15) is 29.2 Å². The molecule has 39 heavy (non-hydrogen) atoms. The Morgan fingerprint density at radius 2 is 1.67 bits per heavy atom. The smallest absolute Gasteiger partial charge is 0.416 e. The minimum absolute atomic E-state index is 0.103. The molecule has 0 unspecified atom stereocenters. The van der Waals surface area contributed by atoms with Crippen LogP contribution in [0.5, 0.6) is 11.5 Å². The van der Waals surface area contributed by atoms with Gasteiger partial charge >= 0.3 is 6.18 Å². The highest BCUT2D eigenvalue weighted by atomic mass is 19.4. The van der Waals surface area contributed by atoms with Crippen molar-refractivity contribution in [3.8, 4) is 17.6 Å². The molecule has 0 bridgehead atoms. The van der Waals surface area contributed by atoms with Gasteiger partial charge in [-0.3, -0.25) is 9.59 Å². The van der Waals surface area contributed by atoms with E-state index < -0.39 is 17.6 Å². The van der Waals surface area contributed by atoms with Gasteiger partial charge in [0.25, 0.3) is 11.8 Å². The molecule has 0 aliphatic heterocycles. The number of carbonyl (C=O) groups excluding carboxylic acids is 2. The highest BCUT2D eigenvalue weighted by molar-refractivity contribution is 6.09. The summed E-state index contributed by atoms with van der Waals surface area (Å²) in [6, 6.07) is 16.0. The maximum absolute atomic E-state index is 13.0. The number of alkyl halides is 3. The summed E-state index contributed by atoms with van der Waals surface area (Å²) in [5.74, 6) is -0.696. The van der Waals surface area contributed by atoms with E-state index in [0.717, 1.165) is 29.3 Å². The van der Waals surface area contributed by atoms with Crippen LogP contribution in [0, 0.1) is 25.2 Å². The molecule has 2 amide bonds. The fourth-order valence-corrected chi connectivity index (χ4v) is 3.45. The number of halogens is 3. The molecule has 0 radical (unpaired) electrons. The first-order valence-corrected chi connectivity index (χ1v) is 11.9. The SMILES string of the molecule is CCOc1cc(/C=C(\C#N)C(=O)Nc2cccc(C(F)(F)F)c2)ccc1OCC(=O)Nc1ccc(C)c(C)c1. The molecule has 202 valence electrons. The van der Waals surface area contributed by atoms with Gasteiger partial charge in [0.2, 0.25) is 0 Å². The Balaban J connectivity index is 1.72. The highest BCUT2D eigenvalue weighted by Crippen LogP contribution is 2.31. The maximum Gasteiger partial charge on any atom is 0.416 e. The number of nitriles is 1. The largest absolute Gasteiger partial charge is 0.490 e. The Morgan fingerprint density at radius 1 is 0.923 bits per heavy atom. The van der Waals surface area contributed by atoms with E-state index in [1.54, 1.807) is 25.1 Å². The molecule has 3 rings (SSSR count). The Kier molecular flexibility index (Phi) is 9.33. The number of anilines is 2. The first kappa shape index (κ1) is 28.8. The van der Waals surface area contributed by atoms with E-state index in [1.165, 1.54) is 24.3 Å². The van der Waals surface area contributed by atoms with Crippen molar-refractivity contribution in [1.82, 2.24) is 0 Å². The van der Waals surface area contributed by atoms with Crippen LogP contribution in [-0.4, -0.2) is 25.0 Å². The lowest BCUT2D eigenvalue weighted by atomic mass is 10.1. The van der Waals surface area contributed by atoms with Gasteiger partial charge in [0.1, 0.15) is 11.6 Å². The van der Waals surface area contributed by atoms with Gasteiger partial charge in [0, 0.05) is 11.4 Å². The van der Waals surface area contributed by atoms with Crippen LogP contribution in [0.15, 0.2) is 66.2 Å². The number of ether oxygens (including phenoxy) is 2. The van der Waals surface area contributed by atoms with E-state index in [4.69, 9.17) is 9.47 Å². The van der Waals surface area contributed by atoms with E-state index in [9.17, 15) is 28.0 Å². The topological polar surface area (TPSA) is 100 Å². The summed E-state index contributed by atoms with van der Waals surface area (Å²) in [6.45, 7) is 5.66. The zero-order valence-corrected chi connectivity index (χ0v) is 21.5. The molecule has 0 saturated heterocycles. The normalized spacial score (nSPS) is 11.4. The van der Waals surface area contributed by atoms with E-state index in [-0.39, 0.29) is 41.9 Å². The molecular formula is C29H26F3N3O4. The van der Waals surface area contributed by atoms with Crippen molar-refractivity contribution in [1.29, 1.82) is 5.26 Å². The Hall–Kier alpha value is -4.78. The van der Waals surface area contributed by atoms with Crippen LogP contribution in [0.4, 0.5) is 24.5 Å². The predicted octanol–water partition coefficient (Wildman–Crippen LogP) is 6.28. The van der Waals surface area contributed by atoms with Crippen LogP contribution >= 0.6 is 0 Å². The molecule has 0 aliphatic carbocycles. The van der Waals surface area contributed by atoms with Crippen molar-refractivity contribution in [3.05, 3.63) is 88.5 Å². The van der Waals surface area contributed by atoms with Crippen molar-refractivity contribution >= 4 is 29.3 Å². The van der Waals surface area contributed by atoms with Gasteiger partial charge in [-0.05, 0) is 86.0 Å². The third-order valence-electron chi connectivity index (χ3n) is 5.54. The van der Waals surface area contributed by atoms with Crippen molar-refractivity contribution in [3.63, 3.8) is 0 Å². The molecule has 0 saturated carbocycles. The Labute approximate surface area is 223 Å². The van der Waals surface area contributed by atoms with Gasteiger partial charge in [0.15, 0.2) is 18.1 Å². The Morgan fingerprint density at radius 3 is 2.33 bits per heavy atom. The summed E-state index contributed by atoms with van der Waals surface area (Å²) in [5.41, 5.74) is 1.82. The number of aryl methyl sites for hydroxylation is 2. The van der Waals surface area contributed by atoms with Crippen molar-refractivity contribution in [2.24, 2.45) is 0 Å². The summed E-state index contributed by atoms with van der Waals surface area (Å²) < 4.78 is 50.1. The summed E-state index contributed by atoms with van der Waals surface area (Å²) >= 11 is 0. The van der Waals surface area contributed by atoms with Crippen LogP contribution in [-0.2, 0) is 15.8 Å². The predicted molar refractivity (Wildman–Crippen MR) is 141 cm³/mol. The van der Waals surface area contributed by atoms with Gasteiger partial charge in [-0.25, -0.2) is 0 Å². The van der Waals surface area contributed by atoms with Gasteiger partial charge in [0.05, 0.1) is 12.2 Å². The Bertz CT molecular complexity index is 1440. The average molecular weight is 538 g/mol. The maximum atomic E-state index is 13.0. The highest BCUT2D eigenvalue weighted by Gasteiger charge is 2.30. The summed E-state index contributed by atoms with van der Waals surface area (Å²) in [4.78, 5) is 24.9. The number of hydrogen-bond acceptors (Lipinski definition) is 5. The molecule has 0 fully saturated rings. The molecule has 0 aromatic heterocycles. The second kappa shape index (κ2) is 12.6. The van der Waals surface area contributed by atoms with Gasteiger partial charge in [-0.15, -0.1) is 0 Å². The van der Waals surface area contributed by atoms with Crippen molar-refractivity contribution in [2.45, 2.75) is 26.9 Å². The third kappa shape index (κ3) is 8.10. The zero-order valence-electron chi connectivity index (χ0n) is 21.5. The lowest BCUT2D eigenvalue weighted by Gasteiger charge is -2.13. The van der Waals surface area contributed by atoms with E-state index >= 15 is 0 Å². The standard InChI is InChI=1S/C29H26F3N3O4/c1-4-38-26-14-20(9-11-25(26)39-17-27(36)34-24-10-8-18(2)19(3)12-24)13-21(16-33)28(37)35-23-7-5-6-22(15-23)29(30,31)32/h5-15H,4,17H2,1-3H3,(H,34,36)(H,35,37)/b21-13+. The fraction of sp³-hybridized carbons (Fsp3) is 0.207. The molecular weight excluding hydrogens is 511 g/mol. The zero-order chi connectivity index (χ0) is 28.6. The van der Waals surface area contributed by atoms with Crippen LogP contribution in [0.25, 0.3) is 6.08 Å². The van der Waals surface area contributed by atoms with Crippen molar-refractivity contribution < 1.29 is 32.2 Å². The number of carbonyl (C=O) groups is 2. The molecule has 0 atom stereocenters. The monoisotopic (exact) mass is 537 g/mol. The molecule has 3 aromatic carbocycles. The minimum atomic E-state index is -4.57. The number of amides is 2. The lowest BCUT2D eigenvalue weighted by molar-refractivity contribution is -0.137. The average Bonchev–Trinajstić information content (AvgIpc) is 2.88. The summed E-state index contributed by atoms with van der Waals surface area (Å²) in [6.07, 6.45) is -3.31. The quantitative estimate of drug-likeness (QED) is 0.247. The third-order valence-corrected chi connectivity index (χ3v) is 5.54. The van der Waals surface area contributed by atoms with E-state index in [0.29, 0.717) is 11.3 Å². The van der Waals surface area contributed by atoms with E-state index in [2.05, 4.69) is 10.6 Å². The first-order chi connectivity index (χ1) is 18.5. The van der Waals surface area contributed by atoms with Gasteiger partial charge in [-0.1, -0.05) is 18.2 Å². The van der Waals surface area contributed by atoms with Crippen LogP contribution < -0.4 is 20.1 Å². The van der Waals surface area contributed by atoms with Crippen LogP contribution in [0.2, 0.25) is 0 Å². The van der Waals surface area contributed by atoms with Crippen molar-refractivity contribution in [2.75, 3.05) is 23.8 Å². The molecule has 3 aromatic rings. The number of nitrogens with one attached hydrogen (secondary N) is 2. The fourth-order valence-electron chi connectivity index (χ4n) is 3.45. The minimum Gasteiger partial charge on any atom is -0.490 e. The molecule has 2 N–H and O–H groups in total. The summed E-state index contributed by atoms with van der Waals surface area (Å²) in [7, 11) is 0. The summed E-state index contributed by atoms with van der Waals surface area (Å²) in [5, 5.41) is 14.6. The molecule has 0 heterocycles.